The number of hydrogen-bond donors (Lipinski definition) is 0. The minimum Gasteiger partial charge on any atom is -0.339 e. The third-order valence-corrected chi connectivity index (χ3v) is 4.03. The standard InChI is InChI=1S/C15H18ClNO2/c1-10-9-11(16)3-8-14(10)15(19)17(2)12-4-6-13(18)7-5-12/h3,8-9,12H,4-7H2,1-2H3. The normalized spacial score (nSPS) is 16.5. The van der Waals surface area contributed by atoms with E-state index in [1.807, 2.05) is 14.0 Å². The molecule has 1 aliphatic rings. The summed E-state index contributed by atoms with van der Waals surface area (Å²) in [7, 11) is 1.82. The number of benzene rings is 1. The zero-order valence-corrected chi connectivity index (χ0v) is 12.0. The minimum atomic E-state index is 0.00788. The number of rotatable bonds is 2. The maximum atomic E-state index is 12.5. The zero-order chi connectivity index (χ0) is 14.0. The Morgan fingerprint density at radius 1 is 1.32 bits per heavy atom. The molecule has 1 aromatic rings. The topological polar surface area (TPSA) is 37.4 Å². The van der Waals surface area contributed by atoms with Gasteiger partial charge in [-0.3, -0.25) is 9.59 Å². The molecule has 1 aliphatic carbocycles. The highest BCUT2D eigenvalue weighted by atomic mass is 35.5. The van der Waals surface area contributed by atoms with Crippen molar-refractivity contribution in [3.05, 3.63) is 34.3 Å². The first-order chi connectivity index (χ1) is 8.99. The predicted octanol–water partition coefficient (Wildman–Crippen LogP) is 3.23. The van der Waals surface area contributed by atoms with Crippen LogP contribution >= 0.6 is 11.6 Å². The number of aryl methyl sites for hydroxylation is 1. The Bertz CT molecular complexity index is 503. The van der Waals surface area contributed by atoms with Gasteiger partial charge in [-0.05, 0) is 43.5 Å². The van der Waals surface area contributed by atoms with Crippen molar-refractivity contribution in [2.75, 3.05) is 7.05 Å². The first kappa shape index (κ1) is 14.1. The van der Waals surface area contributed by atoms with Crippen LogP contribution in [0.5, 0.6) is 0 Å². The van der Waals surface area contributed by atoms with Crippen molar-refractivity contribution in [1.29, 1.82) is 0 Å². The molecule has 0 heterocycles. The Balaban J connectivity index is 2.12. The van der Waals surface area contributed by atoms with Crippen LogP contribution in [0, 0.1) is 6.92 Å². The average molecular weight is 280 g/mol. The fourth-order valence-corrected chi connectivity index (χ4v) is 2.76. The van der Waals surface area contributed by atoms with E-state index in [-0.39, 0.29) is 11.9 Å². The van der Waals surface area contributed by atoms with E-state index in [4.69, 9.17) is 11.6 Å². The molecule has 102 valence electrons. The first-order valence-corrected chi connectivity index (χ1v) is 6.92. The lowest BCUT2D eigenvalue weighted by molar-refractivity contribution is -0.121. The van der Waals surface area contributed by atoms with Gasteiger partial charge in [-0.15, -0.1) is 0 Å². The molecule has 1 aromatic carbocycles. The van der Waals surface area contributed by atoms with Crippen LogP contribution in [0.3, 0.4) is 0 Å². The Morgan fingerprint density at radius 2 is 1.95 bits per heavy atom. The molecular formula is C15H18ClNO2. The smallest absolute Gasteiger partial charge is 0.254 e. The van der Waals surface area contributed by atoms with Crippen molar-refractivity contribution >= 4 is 23.3 Å². The molecule has 0 aromatic heterocycles. The molecule has 0 N–H and O–H groups in total. The van der Waals surface area contributed by atoms with Gasteiger partial charge in [-0.2, -0.15) is 0 Å². The van der Waals surface area contributed by atoms with Gasteiger partial charge in [0, 0.05) is 36.5 Å². The van der Waals surface area contributed by atoms with Crippen LogP contribution in [-0.2, 0) is 4.79 Å². The average Bonchev–Trinajstić information content (AvgIpc) is 2.38. The van der Waals surface area contributed by atoms with Crippen molar-refractivity contribution in [3.8, 4) is 0 Å². The number of carbonyl (C=O) groups excluding carboxylic acids is 2. The third kappa shape index (κ3) is 3.16. The minimum absolute atomic E-state index is 0.00788. The predicted molar refractivity (Wildman–Crippen MR) is 75.5 cm³/mol. The van der Waals surface area contributed by atoms with Gasteiger partial charge >= 0.3 is 0 Å². The van der Waals surface area contributed by atoms with Crippen LogP contribution in [0.4, 0.5) is 0 Å². The highest BCUT2D eigenvalue weighted by Gasteiger charge is 2.26. The van der Waals surface area contributed by atoms with Gasteiger partial charge < -0.3 is 4.90 Å². The number of carbonyl (C=O) groups is 2. The van der Waals surface area contributed by atoms with Crippen molar-refractivity contribution < 1.29 is 9.59 Å². The Morgan fingerprint density at radius 3 is 2.53 bits per heavy atom. The lowest BCUT2D eigenvalue weighted by atomic mass is 9.93. The number of halogens is 1. The molecule has 0 atom stereocenters. The van der Waals surface area contributed by atoms with E-state index in [0.717, 1.165) is 18.4 Å². The molecular weight excluding hydrogens is 262 g/mol. The number of nitrogens with zero attached hydrogens (tertiary/aromatic N) is 1. The van der Waals surface area contributed by atoms with Gasteiger partial charge in [-0.25, -0.2) is 0 Å². The monoisotopic (exact) mass is 279 g/mol. The summed E-state index contributed by atoms with van der Waals surface area (Å²) in [6, 6.07) is 5.47. The second-order valence-corrected chi connectivity index (χ2v) is 5.58. The quantitative estimate of drug-likeness (QED) is 0.833. The molecule has 0 bridgehead atoms. The summed E-state index contributed by atoms with van der Waals surface area (Å²) in [4.78, 5) is 25.5. The highest BCUT2D eigenvalue weighted by Crippen LogP contribution is 2.23. The Hall–Kier alpha value is -1.35. The van der Waals surface area contributed by atoms with Gasteiger partial charge in [0.2, 0.25) is 0 Å². The summed E-state index contributed by atoms with van der Waals surface area (Å²) >= 11 is 5.90. The summed E-state index contributed by atoms with van der Waals surface area (Å²) in [6.07, 6.45) is 2.71. The van der Waals surface area contributed by atoms with E-state index in [1.165, 1.54) is 0 Å². The van der Waals surface area contributed by atoms with E-state index in [0.29, 0.717) is 29.2 Å². The van der Waals surface area contributed by atoms with Crippen LogP contribution in [-0.4, -0.2) is 29.7 Å². The molecule has 0 unspecified atom stereocenters. The molecule has 0 saturated heterocycles. The van der Waals surface area contributed by atoms with Crippen LogP contribution in [0.15, 0.2) is 18.2 Å². The van der Waals surface area contributed by atoms with Crippen LogP contribution in [0.25, 0.3) is 0 Å². The van der Waals surface area contributed by atoms with Crippen LogP contribution in [0.2, 0.25) is 5.02 Å². The lowest BCUT2D eigenvalue weighted by Crippen LogP contribution is -2.39. The SMILES string of the molecule is Cc1cc(Cl)ccc1C(=O)N(C)C1CCC(=O)CC1. The zero-order valence-electron chi connectivity index (χ0n) is 11.3. The van der Waals surface area contributed by atoms with Gasteiger partial charge in [0.15, 0.2) is 0 Å². The van der Waals surface area contributed by atoms with Crippen molar-refractivity contribution in [2.24, 2.45) is 0 Å². The van der Waals surface area contributed by atoms with Crippen molar-refractivity contribution in [2.45, 2.75) is 38.6 Å². The molecule has 0 radical (unpaired) electrons. The molecule has 4 heteroatoms. The van der Waals surface area contributed by atoms with E-state index in [9.17, 15) is 9.59 Å². The second-order valence-electron chi connectivity index (χ2n) is 5.15. The Labute approximate surface area is 118 Å². The first-order valence-electron chi connectivity index (χ1n) is 6.54. The van der Waals surface area contributed by atoms with E-state index < -0.39 is 0 Å². The number of ketones is 1. The molecule has 0 aliphatic heterocycles. The summed E-state index contributed by atoms with van der Waals surface area (Å²) < 4.78 is 0. The fraction of sp³-hybridized carbons (Fsp3) is 0.467. The van der Waals surface area contributed by atoms with Gasteiger partial charge in [0.1, 0.15) is 5.78 Å². The van der Waals surface area contributed by atoms with E-state index in [1.54, 1.807) is 23.1 Å². The van der Waals surface area contributed by atoms with Crippen LogP contribution < -0.4 is 0 Å². The van der Waals surface area contributed by atoms with Gasteiger partial charge in [-0.1, -0.05) is 11.6 Å². The Kier molecular flexibility index (Phi) is 4.25. The summed E-state index contributed by atoms with van der Waals surface area (Å²) in [5.74, 6) is 0.313. The maximum absolute atomic E-state index is 12.5. The number of Topliss-reactive ketones (excluding diaryl/α,β-unsaturated/α-hetero) is 1. The molecule has 3 nitrogen and oxygen atoms in total. The third-order valence-electron chi connectivity index (χ3n) is 3.80. The largest absolute Gasteiger partial charge is 0.339 e. The number of amides is 1. The molecule has 1 amide bonds. The van der Waals surface area contributed by atoms with E-state index in [2.05, 4.69) is 0 Å². The lowest BCUT2D eigenvalue weighted by Gasteiger charge is -2.31. The molecule has 19 heavy (non-hydrogen) atoms. The molecule has 1 fully saturated rings. The summed E-state index contributed by atoms with van der Waals surface area (Å²) in [5, 5.41) is 0.639. The molecule has 0 spiro atoms. The molecule has 2 rings (SSSR count). The van der Waals surface area contributed by atoms with Gasteiger partial charge in [0.25, 0.3) is 5.91 Å². The summed E-state index contributed by atoms with van der Waals surface area (Å²) in [6.45, 7) is 1.89. The van der Waals surface area contributed by atoms with Crippen molar-refractivity contribution in [1.82, 2.24) is 4.90 Å². The molecule has 1 saturated carbocycles. The highest BCUT2D eigenvalue weighted by molar-refractivity contribution is 6.30. The van der Waals surface area contributed by atoms with Gasteiger partial charge in [0.05, 0.1) is 0 Å². The van der Waals surface area contributed by atoms with E-state index >= 15 is 0 Å². The fourth-order valence-electron chi connectivity index (χ4n) is 2.53. The van der Waals surface area contributed by atoms with Crippen molar-refractivity contribution in [3.63, 3.8) is 0 Å². The summed E-state index contributed by atoms with van der Waals surface area (Å²) in [5.41, 5.74) is 1.57. The maximum Gasteiger partial charge on any atom is 0.254 e. The number of hydrogen-bond acceptors (Lipinski definition) is 2. The van der Waals surface area contributed by atoms with Crippen LogP contribution in [0.1, 0.15) is 41.6 Å². The second kappa shape index (κ2) is 5.74.